The number of hydrogen-bond acceptors (Lipinski definition) is 5. The standard InChI is InChI=1S/C14H24O5/c1-17-10-6-9-14(12(15)18-2,13(16)19-3)11-7-4-5-8-11/h11H,4-10H2,1-3H3. The van der Waals surface area contributed by atoms with E-state index in [-0.39, 0.29) is 5.92 Å². The average molecular weight is 272 g/mol. The molecular weight excluding hydrogens is 248 g/mol. The lowest BCUT2D eigenvalue weighted by Crippen LogP contribution is -2.46. The Balaban J connectivity index is 3.00. The predicted octanol–water partition coefficient (Wildman–Crippen LogP) is 1.94. The van der Waals surface area contributed by atoms with Crippen LogP contribution >= 0.6 is 0 Å². The summed E-state index contributed by atoms with van der Waals surface area (Å²) in [5, 5.41) is 0. The van der Waals surface area contributed by atoms with E-state index in [1.165, 1.54) is 14.2 Å². The van der Waals surface area contributed by atoms with Crippen LogP contribution in [0, 0.1) is 11.3 Å². The lowest BCUT2D eigenvalue weighted by molar-refractivity contribution is -0.175. The molecule has 0 aromatic heterocycles. The fourth-order valence-electron chi connectivity index (χ4n) is 3.10. The summed E-state index contributed by atoms with van der Waals surface area (Å²) in [6, 6.07) is 0. The van der Waals surface area contributed by atoms with Crippen LogP contribution in [0.15, 0.2) is 0 Å². The fraction of sp³-hybridized carbons (Fsp3) is 0.857. The molecule has 0 heterocycles. The molecule has 110 valence electrons. The van der Waals surface area contributed by atoms with Gasteiger partial charge in [0.05, 0.1) is 14.2 Å². The minimum Gasteiger partial charge on any atom is -0.468 e. The predicted molar refractivity (Wildman–Crippen MR) is 69.5 cm³/mol. The van der Waals surface area contributed by atoms with Gasteiger partial charge in [0.25, 0.3) is 0 Å². The molecule has 1 rings (SSSR count). The Hall–Kier alpha value is -1.10. The molecule has 1 saturated carbocycles. The van der Waals surface area contributed by atoms with E-state index in [1.807, 2.05) is 0 Å². The number of esters is 2. The molecule has 0 aromatic rings. The van der Waals surface area contributed by atoms with Gasteiger partial charge < -0.3 is 14.2 Å². The lowest BCUT2D eigenvalue weighted by Gasteiger charge is -2.33. The maximum Gasteiger partial charge on any atom is 0.323 e. The van der Waals surface area contributed by atoms with E-state index in [2.05, 4.69) is 0 Å². The van der Waals surface area contributed by atoms with Gasteiger partial charge in [-0.25, -0.2) is 0 Å². The molecule has 1 fully saturated rings. The van der Waals surface area contributed by atoms with Crippen LogP contribution in [0.25, 0.3) is 0 Å². The minimum atomic E-state index is -1.15. The topological polar surface area (TPSA) is 61.8 Å². The Labute approximate surface area is 114 Å². The van der Waals surface area contributed by atoms with E-state index in [4.69, 9.17) is 14.2 Å². The Kier molecular flexibility index (Phi) is 6.28. The summed E-state index contributed by atoms with van der Waals surface area (Å²) in [7, 11) is 4.25. The first-order valence-electron chi connectivity index (χ1n) is 6.79. The number of carbonyl (C=O) groups excluding carboxylic acids is 2. The van der Waals surface area contributed by atoms with Gasteiger partial charge in [-0.3, -0.25) is 9.59 Å². The van der Waals surface area contributed by atoms with E-state index < -0.39 is 17.4 Å². The van der Waals surface area contributed by atoms with Crippen LogP contribution in [0.1, 0.15) is 38.5 Å². The summed E-state index contributed by atoms with van der Waals surface area (Å²) in [6.45, 7) is 0.516. The third-order valence-corrected chi connectivity index (χ3v) is 4.07. The van der Waals surface area contributed by atoms with E-state index in [9.17, 15) is 9.59 Å². The minimum absolute atomic E-state index is 0.0178. The summed E-state index contributed by atoms with van der Waals surface area (Å²) >= 11 is 0. The summed E-state index contributed by atoms with van der Waals surface area (Å²) in [6.07, 6.45) is 4.89. The number of carbonyl (C=O) groups is 2. The zero-order chi connectivity index (χ0) is 14.3. The van der Waals surface area contributed by atoms with Crippen molar-refractivity contribution in [1.29, 1.82) is 0 Å². The van der Waals surface area contributed by atoms with E-state index in [0.717, 1.165) is 25.7 Å². The second kappa shape index (κ2) is 7.48. The molecule has 0 radical (unpaired) electrons. The molecule has 0 aliphatic heterocycles. The van der Waals surface area contributed by atoms with Crippen LogP contribution < -0.4 is 0 Å². The van der Waals surface area contributed by atoms with Crippen molar-refractivity contribution in [2.45, 2.75) is 38.5 Å². The molecule has 0 spiro atoms. The van der Waals surface area contributed by atoms with E-state index in [1.54, 1.807) is 7.11 Å². The van der Waals surface area contributed by atoms with Gasteiger partial charge in [0.1, 0.15) is 0 Å². The van der Waals surface area contributed by atoms with Gasteiger partial charge in [0.2, 0.25) is 0 Å². The van der Waals surface area contributed by atoms with Crippen molar-refractivity contribution in [3.63, 3.8) is 0 Å². The van der Waals surface area contributed by atoms with Crippen molar-refractivity contribution in [2.75, 3.05) is 27.9 Å². The van der Waals surface area contributed by atoms with Gasteiger partial charge in [-0.15, -0.1) is 0 Å². The molecule has 0 N–H and O–H groups in total. The first kappa shape index (κ1) is 16.0. The van der Waals surface area contributed by atoms with Gasteiger partial charge >= 0.3 is 11.9 Å². The molecule has 1 aliphatic rings. The molecule has 0 bridgehead atoms. The highest BCUT2D eigenvalue weighted by atomic mass is 16.5. The maximum absolute atomic E-state index is 12.3. The highest BCUT2D eigenvalue weighted by molar-refractivity contribution is 6.00. The summed E-state index contributed by atoms with van der Waals surface area (Å²) in [4.78, 5) is 24.5. The van der Waals surface area contributed by atoms with Crippen molar-refractivity contribution < 1.29 is 23.8 Å². The molecule has 19 heavy (non-hydrogen) atoms. The van der Waals surface area contributed by atoms with Crippen LogP contribution in [-0.2, 0) is 23.8 Å². The third kappa shape index (κ3) is 3.26. The SMILES string of the molecule is COCCCC(C(=O)OC)(C(=O)OC)C1CCCC1. The summed E-state index contributed by atoms with van der Waals surface area (Å²) < 4.78 is 14.8. The lowest BCUT2D eigenvalue weighted by atomic mass is 9.71. The molecule has 0 unspecified atom stereocenters. The third-order valence-electron chi connectivity index (χ3n) is 4.07. The molecule has 5 nitrogen and oxygen atoms in total. The quantitative estimate of drug-likeness (QED) is 0.402. The van der Waals surface area contributed by atoms with Gasteiger partial charge in [-0.2, -0.15) is 0 Å². The van der Waals surface area contributed by atoms with Crippen molar-refractivity contribution in [1.82, 2.24) is 0 Å². The highest BCUT2D eigenvalue weighted by Crippen LogP contribution is 2.45. The number of rotatable bonds is 7. The average Bonchev–Trinajstić information content (AvgIpc) is 2.96. The maximum atomic E-state index is 12.3. The molecule has 5 heteroatoms. The summed E-state index contributed by atoms with van der Waals surface area (Å²) in [5.41, 5.74) is -1.15. The van der Waals surface area contributed by atoms with Crippen LogP contribution in [0.2, 0.25) is 0 Å². The fourth-order valence-corrected chi connectivity index (χ4v) is 3.10. The zero-order valence-corrected chi connectivity index (χ0v) is 12.1. The smallest absolute Gasteiger partial charge is 0.323 e. The first-order chi connectivity index (χ1) is 9.13. The number of hydrogen-bond donors (Lipinski definition) is 0. The molecule has 0 saturated heterocycles. The van der Waals surface area contributed by atoms with E-state index in [0.29, 0.717) is 19.4 Å². The van der Waals surface area contributed by atoms with E-state index >= 15 is 0 Å². The van der Waals surface area contributed by atoms with Crippen molar-refractivity contribution >= 4 is 11.9 Å². The van der Waals surface area contributed by atoms with Crippen molar-refractivity contribution in [3.05, 3.63) is 0 Å². The second-order valence-electron chi connectivity index (χ2n) is 5.03. The van der Waals surface area contributed by atoms with Gasteiger partial charge in [0, 0.05) is 13.7 Å². The Morgan fingerprint density at radius 2 is 1.58 bits per heavy atom. The highest BCUT2D eigenvalue weighted by Gasteiger charge is 2.54. The van der Waals surface area contributed by atoms with Crippen molar-refractivity contribution in [2.24, 2.45) is 11.3 Å². The Morgan fingerprint density at radius 1 is 1.05 bits per heavy atom. The van der Waals surface area contributed by atoms with Crippen LogP contribution in [0.5, 0.6) is 0 Å². The first-order valence-corrected chi connectivity index (χ1v) is 6.79. The van der Waals surface area contributed by atoms with Crippen LogP contribution in [0.4, 0.5) is 0 Å². The van der Waals surface area contributed by atoms with Gasteiger partial charge in [-0.1, -0.05) is 12.8 Å². The molecular formula is C14H24O5. The normalized spacial score (nSPS) is 16.4. The van der Waals surface area contributed by atoms with Gasteiger partial charge in [-0.05, 0) is 31.6 Å². The van der Waals surface area contributed by atoms with Crippen LogP contribution in [-0.4, -0.2) is 39.9 Å². The molecule has 1 aliphatic carbocycles. The van der Waals surface area contributed by atoms with Gasteiger partial charge in [0.15, 0.2) is 5.41 Å². The molecule has 0 aromatic carbocycles. The zero-order valence-electron chi connectivity index (χ0n) is 12.1. The molecule has 0 atom stereocenters. The summed E-state index contributed by atoms with van der Waals surface area (Å²) in [5.74, 6) is -0.922. The Bertz CT molecular complexity index is 291. The molecule has 0 amide bonds. The number of ether oxygens (including phenoxy) is 3. The number of methoxy groups -OCH3 is 3. The van der Waals surface area contributed by atoms with Crippen LogP contribution in [0.3, 0.4) is 0 Å². The largest absolute Gasteiger partial charge is 0.468 e. The second-order valence-corrected chi connectivity index (χ2v) is 5.03. The monoisotopic (exact) mass is 272 g/mol. The van der Waals surface area contributed by atoms with Crippen molar-refractivity contribution in [3.8, 4) is 0 Å². The Morgan fingerprint density at radius 3 is 2.00 bits per heavy atom.